The summed E-state index contributed by atoms with van der Waals surface area (Å²) in [6.45, 7) is 20.2. The zero-order valence-corrected chi connectivity index (χ0v) is 63.0. The van der Waals surface area contributed by atoms with Gasteiger partial charge in [-0.1, -0.05) is 145 Å². The molecule has 1 atom stereocenters. The third-order valence-electron chi connectivity index (χ3n) is 20.5. The molecule has 3 aliphatic rings. The monoisotopic (exact) mass is 1440 g/mol. The number of aromatic amines is 2. The average molecular weight is 1440 g/mol. The first kappa shape index (κ1) is 72.0. The van der Waals surface area contributed by atoms with Crippen molar-refractivity contribution in [2.75, 3.05) is 36.9 Å². The van der Waals surface area contributed by atoms with Crippen LogP contribution in [0.25, 0.3) is 102 Å². The van der Waals surface area contributed by atoms with Gasteiger partial charge in [0.25, 0.3) is 0 Å². The van der Waals surface area contributed by atoms with Gasteiger partial charge in [0.2, 0.25) is 11.8 Å². The highest BCUT2D eigenvalue weighted by atomic mass is 16.5. The normalized spacial score (nSPS) is 12.6. The number of nitrogens with one attached hydrogen (secondary N) is 5. The van der Waals surface area contributed by atoms with Gasteiger partial charge in [0.15, 0.2) is 0 Å². The Morgan fingerprint density at radius 3 is 1.36 bits per heavy atom. The number of fused-ring (bicyclic) bond motifs is 11. The molecule has 15 nitrogen and oxygen atoms in total. The van der Waals surface area contributed by atoms with Gasteiger partial charge in [-0.05, 0) is 221 Å². The molecule has 15 heteroatoms. The summed E-state index contributed by atoms with van der Waals surface area (Å²) in [6.07, 6.45) is 12.7. The van der Waals surface area contributed by atoms with E-state index >= 15 is 4.79 Å². The van der Waals surface area contributed by atoms with Crippen molar-refractivity contribution in [1.82, 2.24) is 40.1 Å². The molecular formula is C94H88N10O5. The Hall–Kier alpha value is -12.6. The summed E-state index contributed by atoms with van der Waals surface area (Å²) in [7, 11) is 0. The van der Waals surface area contributed by atoms with E-state index in [1.165, 1.54) is 0 Å². The maximum Gasteiger partial charge on any atom is 0.407 e. The van der Waals surface area contributed by atoms with Gasteiger partial charge in [0.1, 0.15) is 24.0 Å². The van der Waals surface area contributed by atoms with E-state index in [2.05, 4.69) is 185 Å². The Kier molecular flexibility index (Phi) is 20.5. The Morgan fingerprint density at radius 1 is 0.477 bits per heavy atom. The quantitative estimate of drug-likeness (QED) is 0.0462. The number of alkyl carbamates (subject to hydrolysis) is 1. The minimum atomic E-state index is -1.10. The lowest BCUT2D eigenvalue weighted by Gasteiger charge is -2.22. The second-order valence-corrected chi connectivity index (χ2v) is 29.7. The number of pyridine rings is 2. The van der Waals surface area contributed by atoms with Crippen molar-refractivity contribution in [3.05, 3.63) is 303 Å². The topological polar surface area (TPSA) is 192 Å². The molecule has 0 radical (unpaired) electrons. The van der Waals surface area contributed by atoms with Crippen LogP contribution >= 0.6 is 0 Å². The smallest absolute Gasteiger partial charge is 0.407 e. The van der Waals surface area contributed by atoms with Crippen LogP contribution in [0.2, 0.25) is 0 Å². The summed E-state index contributed by atoms with van der Waals surface area (Å²) in [4.78, 5) is 75.6. The van der Waals surface area contributed by atoms with Crippen molar-refractivity contribution in [2.45, 2.75) is 99.1 Å². The van der Waals surface area contributed by atoms with Crippen molar-refractivity contribution in [1.29, 1.82) is 0 Å². The highest BCUT2D eigenvalue weighted by Gasteiger charge is 2.32. The van der Waals surface area contributed by atoms with Gasteiger partial charge in [-0.2, -0.15) is 0 Å². The van der Waals surface area contributed by atoms with Crippen LogP contribution in [-0.2, 0) is 33.6 Å². The summed E-state index contributed by atoms with van der Waals surface area (Å²) in [5.74, 6) is -0.124. The standard InChI is InChI=1S/C94H88N10O5/c1-57-50-59(3)86(60(4)51-57)90-80-40-36-76(97-80)88(71-28-14-16-30-74(71)101-85(105)55-104(48-44-64-22-18-20-46-95-64)49-45-65-23-19-21-47-96-65)77-37-41-81(98-77)91(87-61(5)52-58(2)53-62(87)6)83-43-39-79(100-83)89(78-38-42-82(90)99-78)72-29-15-17-31-75(72)102-92(106)84(54-63-32-34-66(35-33-63)109-94(7,8)9)103-93(107)108-56-73-69-26-12-10-24-67(69)68-25-11-13-27-70(68)73/h10-43,46-47,50-53,73,84,97,100H,44-45,48-49,54-56H2,1-9H3,(H,101,105)(H,102,106)(H,103,107). The molecule has 3 amide bonds. The number of aryl methyl sites for hydroxylation is 6. The zero-order chi connectivity index (χ0) is 75.5. The number of hydrogen-bond donors (Lipinski definition) is 5. The first-order valence-electron chi connectivity index (χ1n) is 37.4. The third-order valence-corrected chi connectivity index (χ3v) is 20.5. The molecule has 1 unspecified atom stereocenters. The summed E-state index contributed by atoms with van der Waals surface area (Å²) < 4.78 is 12.4. The second-order valence-electron chi connectivity index (χ2n) is 29.7. The van der Waals surface area contributed by atoms with Crippen molar-refractivity contribution in [3.63, 3.8) is 0 Å². The van der Waals surface area contributed by atoms with Crippen LogP contribution < -0.4 is 20.7 Å². The molecule has 1 aliphatic carbocycles. The van der Waals surface area contributed by atoms with Crippen LogP contribution in [0.3, 0.4) is 0 Å². The fourth-order valence-corrected chi connectivity index (χ4v) is 15.9. The Labute approximate surface area is 636 Å². The van der Waals surface area contributed by atoms with Gasteiger partial charge in [-0.3, -0.25) is 24.5 Å². The second kappa shape index (κ2) is 31.1. The molecule has 7 aromatic carbocycles. The van der Waals surface area contributed by atoms with Crippen LogP contribution in [-0.4, -0.2) is 90.6 Å². The first-order valence-corrected chi connectivity index (χ1v) is 37.4. The summed E-state index contributed by atoms with van der Waals surface area (Å²) in [5, 5.41) is 9.75. The third kappa shape index (κ3) is 15.8. The van der Waals surface area contributed by atoms with Gasteiger partial charge >= 0.3 is 6.09 Å². The molecule has 0 saturated heterocycles. The number of carbonyl (C=O) groups is 3. The van der Waals surface area contributed by atoms with E-state index in [0.717, 1.165) is 134 Å². The lowest BCUT2D eigenvalue weighted by Crippen LogP contribution is -2.45. The van der Waals surface area contributed by atoms with Gasteiger partial charge in [0.05, 0.1) is 29.3 Å². The Balaban J connectivity index is 0.868. The maximum atomic E-state index is 15.6. The fourth-order valence-electron chi connectivity index (χ4n) is 15.9. The van der Waals surface area contributed by atoms with Crippen molar-refractivity contribution >= 4 is 75.7 Å². The van der Waals surface area contributed by atoms with Crippen LogP contribution in [0.15, 0.2) is 219 Å². The van der Waals surface area contributed by atoms with E-state index in [4.69, 9.17) is 19.4 Å². The van der Waals surface area contributed by atoms with Crippen molar-refractivity contribution in [2.24, 2.45) is 0 Å². The van der Waals surface area contributed by atoms with Gasteiger partial charge in [-0.15, -0.1) is 0 Å². The summed E-state index contributed by atoms with van der Waals surface area (Å²) in [6, 6.07) is 67.8. The van der Waals surface area contributed by atoms with Crippen LogP contribution in [0.5, 0.6) is 5.75 Å². The predicted octanol–water partition coefficient (Wildman–Crippen LogP) is 20.0. The number of anilines is 2. The Morgan fingerprint density at radius 2 is 0.899 bits per heavy atom. The number of benzene rings is 7. The average Bonchev–Trinajstić information content (AvgIpc) is 1.64. The number of H-pyrrole nitrogens is 2. The van der Waals surface area contributed by atoms with E-state index in [0.29, 0.717) is 71.3 Å². The highest BCUT2D eigenvalue weighted by Crippen LogP contribution is 2.46. The molecule has 0 spiro atoms. The molecule has 0 fully saturated rings. The number of ether oxygens (including phenoxy) is 2. The first-order chi connectivity index (χ1) is 52.8. The molecule has 7 heterocycles. The Bertz CT molecular complexity index is 5540. The van der Waals surface area contributed by atoms with Crippen molar-refractivity contribution < 1.29 is 23.9 Å². The fraction of sp³-hybridized carbons (Fsp3) is 0.202. The number of aromatic nitrogens is 6. The van der Waals surface area contributed by atoms with E-state index in [1.54, 1.807) is 12.4 Å². The maximum absolute atomic E-state index is 15.6. The number of nitrogens with zero attached hydrogens (tertiary/aromatic N) is 5. The molecule has 109 heavy (non-hydrogen) atoms. The number of rotatable bonds is 21. The largest absolute Gasteiger partial charge is 0.488 e. The molecule has 12 aromatic rings. The van der Waals surface area contributed by atoms with E-state index in [9.17, 15) is 9.59 Å². The van der Waals surface area contributed by atoms with Gasteiger partial charge in [-0.25, -0.2) is 14.8 Å². The van der Waals surface area contributed by atoms with Crippen LogP contribution in [0, 0.1) is 41.5 Å². The van der Waals surface area contributed by atoms with Gasteiger partial charge in [0, 0.05) is 129 Å². The SMILES string of the molecule is Cc1cc(C)c(-c2c3nc(c(-c4ccccc4NC(=O)C(Cc4ccc(OC(C)(C)C)cc4)NC(=O)OCC4c5ccccc5-c5ccccc54)c4ccc([nH]4)c(-c4c(C)cc(C)cc4C)c4nc(c(-c5ccccc5NC(=O)CN(CCc5ccccn5)CCc5ccccn5)c5ccc2[nH]5)C=C4)C=C3)c(C)c1. The molecule has 2 aliphatic heterocycles. The minimum Gasteiger partial charge on any atom is -0.488 e. The van der Waals surface area contributed by atoms with E-state index in [1.807, 2.05) is 148 Å². The summed E-state index contributed by atoms with van der Waals surface area (Å²) in [5.41, 5.74) is 26.9. The lowest BCUT2D eigenvalue weighted by molar-refractivity contribution is -0.118. The molecule has 8 bridgehead atoms. The van der Waals surface area contributed by atoms with E-state index in [-0.39, 0.29) is 31.4 Å². The molecule has 15 rings (SSSR count). The predicted molar refractivity (Wildman–Crippen MR) is 441 cm³/mol. The van der Waals surface area contributed by atoms with Gasteiger partial charge < -0.3 is 35.4 Å². The number of amides is 3. The van der Waals surface area contributed by atoms with E-state index < -0.39 is 23.6 Å². The molecule has 0 saturated carbocycles. The molecule has 5 aromatic heterocycles. The lowest BCUT2D eigenvalue weighted by atomic mass is 9.92. The number of hydrogen-bond acceptors (Lipinski definition) is 10. The minimum absolute atomic E-state index is 0.0678. The summed E-state index contributed by atoms with van der Waals surface area (Å²) >= 11 is 0. The molecule has 5 N–H and O–H groups in total. The van der Waals surface area contributed by atoms with Crippen LogP contribution in [0.4, 0.5) is 16.2 Å². The number of para-hydroxylation sites is 2. The van der Waals surface area contributed by atoms with Crippen LogP contribution in [0.1, 0.15) is 111 Å². The number of carbonyl (C=O) groups excluding carboxylic acids is 3. The molecule has 544 valence electrons. The molecular weight excluding hydrogens is 1350 g/mol. The zero-order valence-electron chi connectivity index (χ0n) is 63.0. The highest BCUT2D eigenvalue weighted by molar-refractivity contribution is 6.06. The van der Waals surface area contributed by atoms with Crippen molar-refractivity contribution in [3.8, 4) is 61.4 Å².